The molecule has 1 fully saturated rings. The first-order valence-corrected chi connectivity index (χ1v) is 12.4. The van der Waals surface area contributed by atoms with Gasteiger partial charge in [0.05, 0.1) is 18.3 Å². The van der Waals surface area contributed by atoms with Crippen LogP contribution in [0.5, 0.6) is 0 Å². The van der Waals surface area contributed by atoms with E-state index in [0.29, 0.717) is 18.7 Å². The van der Waals surface area contributed by atoms with Gasteiger partial charge in [-0.05, 0) is 20.4 Å². The fourth-order valence-electron chi connectivity index (χ4n) is 3.03. The van der Waals surface area contributed by atoms with Crippen molar-refractivity contribution >= 4 is 50.3 Å². The number of anilines is 1. The summed E-state index contributed by atoms with van der Waals surface area (Å²) in [6.07, 6.45) is 1.87. The number of aromatic nitrogens is 4. The number of rotatable bonds is 11. The SMILES string of the molecule is CC(C)(ON=C(C(=O)N[C@@H]1C(=O)N(S(=O)(=O)O)[C@@H]1Cn1cc(CCN)nn1)c1csc(N)n1)C(=O)O. The van der Waals surface area contributed by atoms with Crippen molar-refractivity contribution in [3.05, 3.63) is 23.0 Å². The van der Waals surface area contributed by atoms with Crippen LogP contribution in [-0.2, 0) is 42.5 Å². The van der Waals surface area contributed by atoms with Gasteiger partial charge in [-0.2, -0.15) is 8.42 Å². The van der Waals surface area contributed by atoms with Crippen molar-refractivity contribution in [3.8, 4) is 0 Å². The lowest BCUT2D eigenvalue weighted by atomic mass is 9.98. The number of carboxylic acids is 1. The molecular weight excluding hydrogens is 522 g/mol. The molecule has 17 nitrogen and oxygen atoms in total. The van der Waals surface area contributed by atoms with Crippen molar-refractivity contribution in [2.75, 3.05) is 12.3 Å². The summed E-state index contributed by atoms with van der Waals surface area (Å²) in [4.78, 5) is 45.9. The van der Waals surface area contributed by atoms with Gasteiger partial charge in [-0.1, -0.05) is 10.4 Å². The number of nitrogens with two attached hydrogens (primary N) is 2. The maximum Gasteiger partial charge on any atom is 0.362 e. The fraction of sp³-hybridized carbons (Fsp3) is 0.471. The van der Waals surface area contributed by atoms with Crippen molar-refractivity contribution in [1.29, 1.82) is 0 Å². The Kier molecular flexibility index (Phi) is 7.57. The smallest absolute Gasteiger partial charge is 0.362 e. The van der Waals surface area contributed by atoms with Crippen molar-refractivity contribution in [2.45, 2.75) is 44.5 Å². The second kappa shape index (κ2) is 10.1. The highest BCUT2D eigenvalue weighted by Gasteiger charge is 2.54. The number of thiazole rings is 1. The van der Waals surface area contributed by atoms with Crippen LogP contribution < -0.4 is 16.8 Å². The summed E-state index contributed by atoms with van der Waals surface area (Å²) in [7, 11) is -4.96. The van der Waals surface area contributed by atoms with Crippen LogP contribution in [0, 0.1) is 0 Å². The first-order valence-electron chi connectivity index (χ1n) is 10.2. The molecular formula is C17H23N9O8S2. The summed E-state index contributed by atoms with van der Waals surface area (Å²) in [5.41, 5.74) is 9.18. The van der Waals surface area contributed by atoms with Gasteiger partial charge in [0.15, 0.2) is 10.8 Å². The number of nitrogens with one attached hydrogen (secondary N) is 1. The lowest BCUT2D eigenvalue weighted by Gasteiger charge is -2.43. The monoisotopic (exact) mass is 545 g/mol. The van der Waals surface area contributed by atoms with Crippen molar-refractivity contribution < 1.29 is 37.3 Å². The first-order chi connectivity index (χ1) is 16.7. The second-order valence-electron chi connectivity index (χ2n) is 8.02. The number of β-lactam (4-membered cyclic amide) rings is 1. The largest absolute Gasteiger partial charge is 0.478 e. The van der Waals surface area contributed by atoms with Gasteiger partial charge in [0.25, 0.3) is 11.8 Å². The zero-order valence-corrected chi connectivity index (χ0v) is 20.6. The molecule has 3 heterocycles. The fourth-order valence-corrected chi connectivity index (χ4v) is 4.45. The van der Waals surface area contributed by atoms with Gasteiger partial charge >= 0.3 is 16.3 Å². The minimum Gasteiger partial charge on any atom is -0.478 e. The molecule has 196 valence electrons. The molecule has 7 N–H and O–H groups in total. The first kappa shape index (κ1) is 26.9. The molecule has 0 radical (unpaired) electrons. The molecule has 36 heavy (non-hydrogen) atoms. The van der Waals surface area contributed by atoms with E-state index in [0.717, 1.165) is 11.3 Å². The van der Waals surface area contributed by atoms with Crippen molar-refractivity contribution in [1.82, 2.24) is 29.6 Å². The van der Waals surface area contributed by atoms with E-state index in [-0.39, 0.29) is 21.7 Å². The zero-order chi connectivity index (χ0) is 26.8. The quantitative estimate of drug-likeness (QED) is 0.0854. The van der Waals surface area contributed by atoms with Gasteiger partial charge in [0, 0.05) is 18.0 Å². The summed E-state index contributed by atoms with van der Waals surface area (Å²) >= 11 is 0.960. The summed E-state index contributed by atoms with van der Waals surface area (Å²) in [6, 6.07) is -2.71. The minimum absolute atomic E-state index is 0.0672. The van der Waals surface area contributed by atoms with E-state index < -0.39 is 51.5 Å². The van der Waals surface area contributed by atoms with Crippen molar-refractivity contribution in [2.24, 2.45) is 10.9 Å². The number of carbonyl (C=O) groups is 3. The molecule has 1 aliphatic heterocycles. The molecule has 0 saturated carbocycles. The number of hydrogen-bond donors (Lipinski definition) is 5. The molecule has 1 aliphatic rings. The average Bonchev–Trinajstić information content (AvgIpc) is 3.39. The summed E-state index contributed by atoms with van der Waals surface area (Å²) in [6.45, 7) is 2.42. The van der Waals surface area contributed by atoms with Gasteiger partial charge in [-0.15, -0.1) is 16.4 Å². The second-order valence-corrected chi connectivity index (χ2v) is 10.2. The summed E-state index contributed by atoms with van der Waals surface area (Å²) in [5.74, 6) is -3.53. The third-order valence-corrected chi connectivity index (χ3v) is 6.55. The number of aliphatic carboxylic acids is 1. The molecule has 2 aromatic rings. The molecule has 1 saturated heterocycles. The predicted octanol–water partition coefficient (Wildman–Crippen LogP) is -2.40. The van der Waals surface area contributed by atoms with Crippen LogP contribution in [0.25, 0.3) is 0 Å². The number of hydrogen-bond acceptors (Lipinski definition) is 13. The predicted molar refractivity (Wildman–Crippen MR) is 123 cm³/mol. The standard InChI is InChI=1S/C17H23N9O8S2/c1-17(2,15(29)30)34-23-11(9-7-35-16(19)20-9)13(27)21-12-10(26(14(12)28)36(31,32)33)6-25-5-8(3-4-18)22-24-25/h5,7,10,12H,3-4,6,18H2,1-2H3,(H2,19,20)(H,21,27)(H,29,30)(H,31,32,33)/t10-,12+/m1/s1. The Morgan fingerprint density at radius 2 is 2.08 bits per heavy atom. The molecule has 19 heteroatoms. The van der Waals surface area contributed by atoms with Gasteiger partial charge in [-0.3, -0.25) is 18.8 Å². The van der Waals surface area contributed by atoms with E-state index in [1.807, 2.05) is 0 Å². The highest BCUT2D eigenvalue weighted by atomic mass is 32.2. The van der Waals surface area contributed by atoms with Crippen LogP contribution in [0.15, 0.2) is 16.7 Å². The van der Waals surface area contributed by atoms with Crippen LogP contribution in [0.1, 0.15) is 25.2 Å². The van der Waals surface area contributed by atoms with Crippen LogP contribution in [0.2, 0.25) is 0 Å². The zero-order valence-electron chi connectivity index (χ0n) is 18.9. The Labute approximate surface area is 208 Å². The van der Waals surface area contributed by atoms with Crippen LogP contribution >= 0.6 is 11.3 Å². The average molecular weight is 546 g/mol. The summed E-state index contributed by atoms with van der Waals surface area (Å²) < 4.78 is 34.4. The van der Waals surface area contributed by atoms with Gasteiger partial charge in [0.2, 0.25) is 5.60 Å². The molecule has 2 aromatic heterocycles. The Balaban J connectivity index is 1.88. The third kappa shape index (κ3) is 5.75. The molecule has 3 rings (SSSR count). The van der Waals surface area contributed by atoms with Crippen LogP contribution in [-0.4, -0.2) is 90.1 Å². The molecule has 0 aromatic carbocycles. The lowest BCUT2D eigenvalue weighted by molar-refractivity contribution is -0.161. The van der Waals surface area contributed by atoms with E-state index in [4.69, 9.17) is 16.3 Å². The number of carbonyl (C=O) groups excluding carboxylic acids is 2. The molecule has 2 atom stereocenters. The maximum atomic E-state index is 13.1. The van der Waals surface area contributed by atoms with Crippen molar-refractivity contribution in [3.63, 3.8) is 0 Å². The van der Waals surface area contributed by atoms with E-state index >= 15 is 0 Å². The Bertz CT molecular complexity index is 1300. The highest BCUT2D eigenvalue weighted by Crippen LogP contribution is 2.25. The lowest BCUT2D eigenvalue weighted by Crippen LogP contribution is -2.73. The normalized spacial score (nSPS) is 18.6. The van der Waals surface area contributed by atoms with Crippen LogP contribution in [0.4, 0.5) is 5.13 Å². The van der Waals surface area contributed by atoms with Gasteiger partial charge < -0.3 is 26.7 Å². The number of oxime groups is 1. The molecule has 0 aliphatic carbocycles. The maximum absolute atomic E-state index is 13.1. The number of nitrogens with zero attached hydrogens (tertiary/aromatic N) is 6. The van der Waals surface area contributed by atoms with E-state index in [9.17, 15) is 32.5 Å². The summed E-state index contributed by atoms with van der Waals surface area (Å²) in [5, 5.41) is 24.3. The van der Waals surface area contributed by atoms with Gasteiger partial charge in [0.1, 0.15) is 11.7 Å². The Morgan fingerprint density at radius 3 is 2.64 bits per heavy atom. The topological polar surface area (TPSA) is 258 Å². The number of nitrogen functional groups attached to an aromatic ring is 1. The van der Waals surface area contributed by atoms with E-state index in [1.54, 1.807) is 0 Å². The van der Waals surface area contributed by atoms with Gasteiger partial charge in [-0.25, -0.2) is 14.1 Å². The molecule has 0 unspecified atom stereocenters. The molecule has 0 bridgehead atoms. The van der Waals surface area contributed by atoms with E-state index in [1.165, 1.54) is 30.1 Å². The third-order valence-electron chi connectivity index (χ3n) is 4.92. The Hall–Kier alpha value is -3.68. The number of amides is 2. The molecule has 0 spiro atoms. The minimum atomic E-state index is -4.96. The molecule has 2 amide bonds. The Morgan fingerprint density at radius 1 is 1.39 bits per heavy atom. The highest BCUT2D eigenvalue weighted by molar-refractivity contribution is 7.84. The van der Waals surface area contributed by atoms with E-state index in [2.05, 4.69) is 25.8 Å². The van der Waals surface area contributed by atoms with Crippen LogP contribution in [0.3, 0.4) is 0 Å². The number of carboxylic acid groups (broad SMARTS) is 1.